The zero-order chi connectivity index (χ0) is 21.7. The van der Waals surface area contributed by atoms with Gasteiger partial charge in [-0.15, -0.1) is 0 Å². The first-order valence-electron chi connectivity index (χ1n) is 9.13. The van der Waals surface area contributed by atoms with Gasteiger partial charge in [-0.3, -0.25) is 9.52 Å². The van der Waals surface area contributed by atoms with Crippen molar-refractivity contribution >= 4 is 37.5 Å². The third-order valence-corrected chi connectivity index (χ3v) is 6.60. The SMILES string of the molecule is COc1ccccc1NS(=O)(=O)c1ccc(C(=O)NC(C)c2ccccc2Br)cc1. The molecule has 0 heterocycles. The molecule has 6 nitrogen and oxygen atoms in total. The molecule has 156 valence electrons. The number of ether oxygens (including phenoxy) is 1. The van der Waals surface area contributed by atoms with E-state index in [1.54, 1.807) is 24.3 Å². The molecule has 0 bridgehead atoms. The van der Waals surface area contributed by atoms with E-state index in [4.69, 9.17) is 4.74 Å². The van der Waals surface area contributed by atoms with Crippen LogP contribution in [0.1, 0.15) is 28.9 Å². The average molecular weight is 489 g/mol. The van der Waals surface area contributed by atoms with Gasteiger partial charge in [-0.2, -0.15) is 0 Å². The summed E-state index contributed by atoms with van der Waals surface area (Å²) in [6, 6.07) is 19.9. The van der Waals surface area contributed by atoms with E-state index in [2.05, 4.69) is 26.0 Å². The minimum Gasteiger partial charge on any atom is -0.495 e. The van der Waals surface area contributed by atoms with Gasteiger partial charge in [-0.05, 0) is 55.0 Å². The molecule has 0 aliphatic carbocycles. The molecule has 3 aromatic rings. The highest BCUT2D eigenvalue weighted by Crippen LogP contribution is 2.26. The maximum atomic E-state index is 12.7. The Bertz CT molecular complexity index is 1150. The number of methoxy groups -OCH3 is 1. The van der Waals surface area contributed by atoms with Crippen LogP contribution >= 0.6 is 15.9 Å². The molecule has 0 aliphatic heterocycles. The maximum Gasteiger partial charge on any atom is 0.262 e. The van der Waals surface area contributed by atoms with Crippen molar-refractivity contribution in [3.05, 3.63) is 88.4 Å². The summed E-state index contributed by atoms with van der Waals surface area (Å²) in [4.78, 5) is 12.6. The molecule has 1 atom stereocenters. The summed E-state index contributed by atoms with van der Waals surface area (Å²) < 4.78 is 33.9. The molecule has 1 amide bonds. The lowest BCUT2D eigenvalue weighted by molar-refractivity contribution is 0.0939. The fourth-order valence-corrected chi connectivity index (χ4v) is 4.60. The predicted octanol–water partition coefficient (Wildman–Crippen LogP) is 4.75. The number of para-hydroxylation sites is 2. The standard InChI is InChI=1S/C22H21BrN2O4S/c1-15(18-7-3-4-8-19(18)23)24-22(26)16-11-13-17(14-12-16)30(27,28)25-20-9-5-6-10-21(20)29-2/h3-15,25H,1-2H3,(H,24,26). The zero-order valence-electron chi connectivity index (χ0n) is 16.4. The summed E-state index contributed by atoms with van der Waals surface area (Å²) >= 11 is 3.48. The molecule has 8 heteroatoms. The van der Waals surface area contributed by atoms with Gasteiger partial charge in [0.1, 0.15) is 5.75 Å². The van der Waals surface area contributed by atoms with Crippen LogP contribution in [0.25, 0.3) is 0 Å². The Labute approximate surface area is 184 Å². The van der Waals surface area contributed by atoms with Gasteiger partial charge in [0.2, 0.25) is 0 Å². The first-order valence-corrected chi connectivity index (χ1v) is 11.4. The van der Waals surface area contributed by atoms with Gasteiger partial charge in [-0.1, -0.05) is 46.3 Å². The van der Waals surface area contributed by atoms with Crippen molar-refractivity contribution in [1.29, 1.82) is 0 Å². The number of halogens is 1. The summed E-state index contributed by atoms with van der Waals surface area (Å²) in [5, 5.41) is 2.92. The Morgan fingerprint density at radius 2 is 1.60 bits per heavy atom. The van der Waals surface area contributed by atoms with E-state index >= 15 is 0 Å². The molecule has 0 aromatic heterocycles. The highest BCUT2D eigenvalue weighted by molar-refractivity contribution is 9.10. The van der Waals surface area contributed by atoms with Crippen LogP contribution in [0.5, 0.6) is 5.75 Å². The van der Waals surface area contributed by atoms with E-state index in [-0.39, 0.29) is 16.8 Å². The number of nitrogens with one attached hydrogen (secondary N) is 2. The molecule has 0 aliphatic rings. The second-order valence-corrected chi connectivity index (χ2v) is 9.08. The summed E-state index contributed by atoms with van der Waals surface area (Å²) in [5.41, 5.74) is 1.65. The average Bonchev–Trinajstić information content (AvgIpc) is 2.74. The first-order chi connectivity index (χ1) is 14.3. The Kier molecular flexibility index (Phi) is 6.79. The van der Waals surface area contributed by atoms with Gasteiger partial charge in [0.15, 0.2) is 0 Å². The van der Waals surface area contributed by atoms with Gasteiger partial charge in [0.05, 0.1) is 23.7 Å². The van der Waals surface area contributed by atoms with E-state index in [1.165, 1.54) is 31.4 Å². The number of sulfonamides is 1. The number of amides is 1. The molecule has 0 saturated carbocycles. The highest BCUT2D eigenvalue weighted by Gasteiger charge is 2.18. The number of hydrogen-bond acceptors (Lipinski definition) is 4. The molecule has 0 fully saturated rings. The lowest BCUT2D eigenvalue weighted by Crippen LogP contribution is -2.27. The minimum absolute atomic E-state index is 0.0452. The molecular weight excluding hydrogens is 468 g/mol. The van der Waals surface area contributed by atoms with Crippen molar-refractivity contribution in [3.63, 3.8) is 0 Å². The molecule has 30 heavy (non-hydrogen) atoms. The number of carbonyl (C=O) groups is 1. The van der Waals surface area contributed by atoms with Crippen molar-refractivity contribution in [2.45, 2.75) is 17.9 Å². The third-order valence-electron chi connectivity index (χ3n) is 4.50. The van der Waals surface area contributed by atoms with E-state index in [0.29, 0.717) is 17.0 Å². The number of hydrogen-bond donors (Lipinski definition) is 2. The molecule has 3 aromatic carbocycles. The predicted molar refractivity (Wildman–Crippen MR) is 120 cm³/mol. The van der Waals surface area contributed by atoms with Crippen LogP contribution in [0.4, 0.5) is 5.69 Å². The first kappa shape index (κ1) is 21.9. The van der Waals surface area contributed by atoms with Crippen LogP contribution < -0.4 is 14.8 Å². The fourth-order valence-electron chi connectivity index (χ4n) is 2.90. The smallest absolute Gasteiger partial charge is 0.262 e. The van der Waals surface area contributed by atoms with E-state index < -0.39 is 10.0 Å². The topological polar surface area (TPSA) is 84.5 Å². The summed E-state index contributed by atoms with van der Waals surface area (Å²) in [6.45, 7) is 1.88. The zero-order valence-corrected chi connectivity index (χ0v) is 18.8. The summed E-state index contributed by atoms with van der Waals surface area (Å²) in [5.74, 6) is 0.123. The van der Waals surface area contributed by atoms with Crippen molar-refractivity contribution in [2.24, 2.45) is 0 Å². The van der Waals surface area contributed by atoms with Crippen LogP contribution in [-0.4, -0.2) is 21.4 Å². The van der Waals surface area contributed by atoms with E-state index in [9.17, 15) is 13.2 Å². The molecule has 2 N–H and O–H groups in total. The highest BCUT2D eigenvalue weighted by atomic mass is 79.9. The van der Waals surface area contributed by atoms with Gasteiger partial charge < -0.3 is 10.1 Å². The Hall–Kier alpha value is -2.84. The number of carbonyl (C=O) groups excluding carboxylic acids is 1. The second kappa shape index (κ2) is 9.32. The van der Waals surface area contributed by atoms with Crippen molar-refractivity contribution < 1.29 is 17.9 Å². The summed E-state index contributed by atoms with van der Waals surface area (Å²) in [7, 11) is -2.36. The normalized spacial score (nSPS) is 12.1. The Morgan fingerprint density at radius 3 is 2.27 bits per heavy atom. The van der Waals surface area contributed by atoms with E-state index in [0.717, 1.165) is 10.0 Å². The second-order valence-electron chi connectivity index (χ2n) is 6.55. The lowest BCUT2D eigenvalue weighted by atomic mass is 10.1. The van der Waals surface area contributed by atoms with Crippen LogP contribution in [0.3, 0.4) is 0 Å². The van der Waals surface area contributed by atoms with Crippen molar-refractivity contribution in [3.8, 4) is 5.75 Å². The fraction of sp³-hybridized carbons (Fsp3) is 0.136. The molecule has 0 spiro atoms. The minimum atomic E-state index is -3.83. The Morgan fingerprint density at radius 1 is 0.967 bits per heavy atom. The number of anilines is 1. The number of rotatable bonds is 7. The van der Waals surface area contributed by atoms with E-state index in [1.807, 2.05) is 31.2 Å². The van der Waals surface area contributed by atoms with Gasteiger partial charge in [0.25, 0.3) is 15.9 Å². The van der Waals surface area contributed by atoms with Crippen LogP contribution in [0.15, 0.2) is 82.2 Å². The monoisotopic (exact) mass is 488 g/mol. The quantitative estimate of drug-likeness (QED) is 0.502. The van der Waals surface area contributed by atoms with Gasteiger partial charge in [-0.25, -0.2) is 8.42 Å². The van der Waals surface area contributed by atoms with Crippen molar-refractivity contribution in [2.75, 3.05) is 11.8 Å². The molecule has 0 saturated heterocycles. The van der Waals surface area contributed by atoms with Crippen LogP contribution in [-0.2, 0) is 10.0 Å². The van der Waals surface area contributed by atoms with Gasteiger partial charge >= 0.3 is 0 Å². The summed E-state index contributed by atoms with van der Waals surface area (Å²) in [6.07, 6.45) is 0. The molecule has 0 radical (unpaired) electrons. The third kappa shape index (κ3) is 5.01. The largest absolute Gasteiger partial charge is 0.495 e. The maximum absolute atomic E-state index is 12.7. The molecular formula is C22H21BrN2O4S. The van der Waals surface area contributed by atoms with Crippen molar-refractivity contribution in [1.82, 2.24) is 5.32 Å². The van der Waals surface area contributed by atoms with Crippen LogP contribution in [0.2, 0.25) is 0 Å². The lowest BCUT2D eigenvalue weighted by Gasteiger charge is -2.16. The molecule has 1 unspecified atom stereocenters. The molecule has 3 rings (SSSR count). The Balaban J connectivity index is 1.73. The number of benzene rings is 3. The van der Waals surface area contributed by atoms with Crippen LogP contribution in [0, 0.1) is 0 Å². The van der Waals surface area contributed by atoms with Gasteiger partial charge in [0, 0.05) is 10.0 Å².